The molecule has 0 spiro atoms. The lowest BCUT2D eigenvalue weighted by Gasteiger charge is -2.34. The monoisotopic (exact) mass is 500 g/mol. The molecule has 5 rings (SSSR count). The summed E-state index contributed by atoms with van der Waals surface area (Å²) in [6.45, 7) is 11.4. The van der Waals surface area contributed by atoms with Gasteiger partial charge in [0.15, 0.2) is 0 Å². The second-order valence-electron chi connectivity index (χ2n) is 11.4. The maximum atomic E-state index is 13.0. The maximum Gasteiger partial charge on any atom is 0.318 e. The molecule has 194 valence electrons. The van der Waals surface area contributed by atoms with Crippen molar-refractivity contribution in [2.75, 3.05) is 6.54 Å². The molecular weight excluding hydrogens is 464 g/mol. The number of amides is 3. The van der Waals surface area contributed by atoms with Crippen LogP contribution in [0.3, 0.4) is 0 Å². The fourth-order valence-corrected chi connectivity index (χ4v) is 5.45. The topological polar surface area (TPSA) is 87.5 Å². The molecule has 2 heterocycles. The van der Waals surface area contributed by atoms with Crippen molar-refractivity contribution in [3.05, 3.63) is 76.2 Å². The van der Waals surface area contributed by atoms with E-state index in [9.17, 15) is 9.59 Å². The largest absolute Gasteiger partial charge is 0.361 e. The number of aromatic nitrogens is 1. The van der Waals surface area contributed by atoms with Gasteiger partial charge in [-0.05, 0) is 81.2 Å². The van der Waals surface area contributed by atoms with Gasteiger partial charge in [0, 0.05) is 36.7 Å². The number of nitrogens with zero attached hydrogens (tertiary/aromatic N) is 2. The molecule has 2 aliphatic rings. The maximum absolute atomic E-state index is 13.0. The third kappa shape index (κ3) is 5.26. The van der Waals surface area contributed by atoms with Crippen LogP contribution in [0.1, 0.15) is 66.8 Å². The Morgan fingerprint density at radius 3 is 2.51 bits per heavy atom. The molecule has 37 heavy (non-hydrogen) atoms. The highest BCUT2D eigenvalue weighted by atomic mass is 16.5. The van der Waals surface area contributed by atoms with E-state index in [1.165, 1.54) is 11.1 Å². The molecular formula is C30H36N4O3. The molecule has 2 atom stereocenters. The second-order valence-corrected chi connectivity index (χ2v) is 11.4. The number of benzene rings is 2. The number of aryl methyl sites for hydroxylation is 2. The lowest BCUT2D eigenvalue weighted by atomic mass is 9.87. The van der Waals surface area contributed by atoms with Gasteiger partial charge in [-0.3, -0.25) is 4.79 Å². The van der Waals surface area contributed by atoms with Gasteiger partial charge in [-0.25, -0.2) is 4.79 Å². The van der Waals surface area contributed by atoms with E-state index < -0.39 is 0 Å². The van der Waals surface area contributed by atoms with Crippen LogP contribution in [0.2, 0.25) is 0 Å². The predicted octanol–water partition coefficient (Wildman–Crippen LogP) is 5.24. The molecule has 1 aliphatic carbocycles. The zero-order valence-electron chi connectivity index (χ0n) is 22.4. The Bertz CT molecular complexity index is 1300. The third-order valence-corrected chi connectivity index (χ3v) is 7.39. The molecule has 3 aromatic rings. The molecule has 1 saturated carbocycles. The summed E-state index contributed by atoms with van der Waals surface area (Å²) < 4.78 is 5.46. The fourth-order valence-electron chi connectivity index (χ4n) is 5.45. The number of hydrogen-bond acceptors (Lipinski definition) is 4. The minimum absolute atomic E-state index is 0.0221. The molecule has 0 radical (unpaired) electrons. The Balaban J connectivity index is 1.39. The Labute approximate surface area is 218 Å². The Morgan fingerprint density at radius 1 is 1.08 bits per heavy atom. The fraction of sp³-hybridized carbons (Fsp3) is 0.433. The van der Waals surface area contributed by atoms with Crippen LogP contribution in [-0.4, -0.2) is 34.1 Å². The average Bonchev–Trinajstić information content (AvgIpc) is 3.60. The standard InChI is InChI=1S/C30H36N4O3/c1-18-27(19(2)37-33-18)23-12-11-21(16-31-28(35)25-15-24(25)20-9-7-6-8-10-20)26-17-34(14-13-22(23)26)29(36)32-30(3,4)5/h6-12,24-25H,13-17H2,1-5H3,(H,31,35)(H,32,36)/t24-,25?/m1/s1. The summed E-state index contributed by atoms with van der Waals surface area (Å²) in [6, 6.07) is 14.4. The molecule has 1 aromatic heterocycles. The Morgan fingerprint density at radius 2 is 1.84 bits per heavy atom. The molecule has 2 aromatic carbocycles. The second kappa shape index (κ2) is 9.69. The number of hydrogen-bond donors (Lipinski definition) is 2. The predicted molar refractivity (Wildman–Crippen MR) is 143 cm³/mol. The van der Waals surface area contributed by atoms with Gasteiger partial charge < -0.3 is 20.1 Å². The normalized spacial score (nSPS) is 18.8. The highest BCUT2D eigenvalue weighted by Gasteiger charge is 2.43. The summed E-state index contributed by atoms with van der Waals surface area (Å²) in [7, 11) is 0. The van der Waals surface area contributed by atoms with E-state index in [0.717, 1.165) is 46.5 Å². The van der Waals surface area contributed by atoms with Crippen molar-refractivity contribution in [3.8, 4) is 11.1 Å². The smallest absolute Gasteiger partial charge is 0.318 e. The van der Waals surface area contributed by atoms with Crippen LogP contribution in [-0.2, 0) is 24.3 Å². The van der Waals surface area contributed by atoms with Gasteiger partial charge in [0.25, 0.3) is 0 Å². The molecule has 3 amide bonds. The van der Waals surface area contributed by atoms with Crippen molar-refractivity contribution in [3.63, 3.8) is 0 Å². The Kier molecular flexibility index (Phi) is 6.56. The summed E-state index contributed by atoms with van der Waals surface area (Å²) in [6.07, 6.45) is 1.62. The van der Waals surface area contributed by atoms with Crippen molar-refractivity contribution in [2.45, 2.75) is 72.0 Å². The van der Waals surface area contributed by atoms with Gasteiger partial charge in [-0.1, -0.05) is 47.6 Å². The van der Waals surface area contributed by atoms with Crippen molar-refractivity contribution in [2.24, 2.45) is 5.92 Å². The first kappa shape index (κ1) is 25.1. The van der Waals surface area contributed by atoms with E-state index in [0.29, 0.717) is 25.6 Å². The number of carbonyl (C=O) groups is 2. The van der Waals surface area contributed by atoms with Crippen LogP contribution in [0.25, 0.3) is 11.1 Å². The summed E-state index contributed by atoms with van der Waals surface area (Å²) >= 11 is 0. The number of nitrogens with one attached hydrogen (secondary N) is 2. The lowest BCUT2D eigenvalue weighted by Crippen LogP contribution is -2.50. The minimum Gasteiger partial charge on any atom is -0.361 e. The summed E-state index contributed by atoms with van der Waals surface area (Å²) in [5, 5.41) is 10.4. The van der Waals surface area contributed by atoms with Crippen LogP contribution in [0.5, 0.6) is 0 Å². The number of fused-ring (bicyclic) bond motifs is 1. The first-order valence-electron chi connectivity index (χ1n) is 13.1. The number of carbonyl (C=O) groups excluding carboxylic acids is 2. The molecule has 1 unspecified atom stereocenters. The van der Waals surface area contributed by atoms with E-state index in [4.69, 9.17) is 4.52 Å². The number of rotatable bonds is 5. The van der Waals surface area contributed by atoms with Crippen molar-refractivity contribution in [1.82, 2.24) is 20.7 Å². The van der Waals surface area contributed by atoms with Crippen molar-refractivity contribution < 1.29 is 14.1 Å². The van der Waals surface area contributed by atoms with Gasteiger partial charge in [0.1, 0.15) is 5.76 Å². The third-order valence-electron chi connectivity index (χ3n) is 7.39. The average molecular weight is 501 g/mol. The van der Waals surface area contributed by atoms with E-state index in [1.807, 2.05) is 57.7 Å². The Hall–Kier alpha value is -3.61. The highest BCUT2D eigenvalue weighted by molar-refractivity contribution is 5.83. The number of urea groups is 1. The quantitative estimate of drug-likeness (QED) is 0.501. The molecule has 0 bridgehead atoms. The van der Waals surface area contributed by atoms with Gasteiger partial charge in [0.05, 0.1) is 5.69 Å². The van der Waals surface area contributed by atoms with E-state index >= 15 is 0 Å². The van der Waals surface area contributed by atoms with Crippen molar-refractivity contribution in [1.29, 1.82) is 0 Å². The first-order chi connectivity index (χ1) is 17.6. The molecule has 0 saturated heterocycles. The van der Waals surface area contributed by atoms with Gasteiger partial charge in [0.2, 0.25) is 5.91 Å². The van der Waals surface area contributed by atoms with Crippen LogP contribution in [0, 0.1) is 19.8 Å². The lowest BCUT2D eigenvalue weighted by molar-refractivity contribution is -0.122. The van der Waals surface area contributed by atoms with Crippen molar-refractivity contribution >= 4 is 11.9 Å². The summed E-state index contributed by atoms with van der Waals surface area (Å²) in [5.74, 6) is 1.20. The highest BCUT2D eigenvalue weighted by Crippen LogP contribution is 2.47. The molecule has 1 fully saturated rings. The minimum atomic E-state index is -0.313. The van der Waals surface area contributed by atoms with E-state index in [-0.39, 0.29) is 23.4 Å². The first-order valence-corrected chi connectivity index (χ1v) is 13.1. The van der Waals surface area contributed by atoms with E-state index in [1.54, 1.807) is 0 Å². The summed E-state index contributed by atoms with van der Waals surface area (Å²) in [5.41, 5.74) is 7.24. The van der Waals surface area contributed by atoms with Gasteiger partial charge in [-0.15, -0.1) is 0 Å². The van der Waals surface area contributed by atoms with Gasteiger partial charge >= 0.3 is 6.03 Å². The van der Waals surface area contributed by atoms with Gasteiger partial charge in [-0.2, -0.15) is 0 Å². The zero-order chi connectivity index (χ0) is 26.3. The zero-order valence-corrected chi connectivity index (χ0v) is 22.4. The van der Waals surface area contributed by atoms with E-state index in [2.05, 4.69) is 40.1 Å². The van der Waals surface area contributed by atoms with Crippen LogP contribution in [0.4, 0.5) is 4.79 Å². The van der Waals surface area contributed by atoms with Crippen LogP contribution < -0.4 is 10.6 Å². The summed E-state index contributed by atoms with van der Waals surface area (Å²) in [4.78, 5) is 27.9. The SMILES string of the molecule is Cc1noc(C)c1-c1ccc(CNC(=O)C2C[C@@H]2c2ccccc2)c2c1CCN(C(=O)NC(C)(C)C)C2. The molecule has 7 heteroatoms. The molecule has 1 aliphatic heterocycles. The van der Waals surface area contributed by atoms with Crippen LogP contribution in [0.15, 0.2) is 47.0 Å². The van der Waals surface area contributed by atoms with Crippen LogP contribution >= 0.6 is 0 Å². The molecule has 7 nitrogen and oxygen atoms in total. The molecule has 2 N–H and O–H groups in total.